The Morgan fingerprint density at radius 3 is 2.76 bits per heavy atom. The van der Waals surface area contributed by atoms with Crippen molar-refractivity contribution < 1.29 is 19.4 Å². The molecule has 17 heavy (non-hydrogen) atoms. The molecular formula is C13H16O4. The van der Waals surface area contributed by atoms with E-state index in [1.165, 1.54) is 0 Å². The maximum absolute atomic E-state index is 11.0. The first-order chi connectivity index (χ1) is 8.18. The highest BCUT2D eigenvalue weighted by Crippen LogP contribution is 2.18. The predicted octanol–water partition coefficient (Wildman–Crippen LogP) is 2.00. The minimum absolute atomic E-state index is 0.136. The molecule has 1 aliphatic heterocycles. The molecule has 0 unspecified atom stereocenters. The minimum atomic E-state index is -0.877. The molecule has 2 rings (SSSR count). The second-order valence-corrected chi connectivity index (χ2v) is 4.10. The number of benzene rings is 1. The first-order valence-electron chi connectivity index (χ1n) is 5.73. The van der Waals surface area contributed by atoms with Crippen LogP contribution in [-0.4, -0.2) is 30.6 Å². The molecule has 1 aromatic carbocycles. The van der Waals surface area contributed by atoms with Gasteiger partial charge in [-0.3, -0.25) is 0 Å². The predicted molar refractivity (Wildman–Crippen MR) is 62.2 cm³/mol. The highest BCUT2D eigenvalue weighted by molar-refractivity contribution is 5.89. The van der Waals surface area contributed by atoms with Gasteiger partial charge in [0.05, 0.1) is 18.8 Å². The van der Waals surface area contributed by atoms with Crippen LogP contribution in [0.5, 0.6) is 0 Å². The number of carbonyl (C=O) groups is 1. The summed E-state index contributed by atoms with van der Waals surface area (Å²) in [6.45, 7) is 3.15. The summed E-state index contributed by atoms with van der Waals surface area (Å²) in [5.41, 5.74) is 2.25. The molecule has 1 aromatic rings. The van der Waals surface area contributed by atoms with Gasteiger partial charge in [0.15, 0.2) is 6.29 Å². The molecule has 4 nitrogen and oxygen atoms in total. The Kier molecular flexibility index (Phi) is 3.76. The van der Waals surface area contributed by atoms with E-state index in [4.69, 9.17) is 14.6 Å². The van der Waals surface area contributed by atoms with Gasteiger partial charge in [0, 0.05) is 6.42 Å². The molecule has 4 heteroatoms. The molecule has 0 radical (unpaired) electrons. The van der Waals surface area contributed by atoms with Crippen molar-refractivity contribution >= 4 is 5.97 Å². The zero-order chi connectivity index (χ0) is 12.3. The summed E-state index contributed by atoms with van der Waals surface area (Å²) in [5, 5.41) is 9.02. The van der Waals surface area contributed by atoms with Crippen molar-refractivity contribution in [1.82, 2.24) is 0 Å². The van der Waals surface area contributed by atoms with E-state index in [9.17, 15) is 4.79 Å². The van der Waals surface area contributed by atoms with Crippen LogP contribution in [0.3, 0.4) is 0 Å². The van der Waals surface area contributed by atoms with E-state index in [0.717, 1.165) is 24.0 Å². The molecule has 0 amide bonds. The fraction of sp³-hybridized carbons (Fsp3) is 0.462. The summed E-state index contributed by atoms with van der Waals surface area (Å²) in [6.07, 6.45) is 1.41. The number of carboxylic acids is 1. The van der Waals surface area contributed by atoms with Crippen LogP contribution in [0, 0.1) is 6.92 Å². The van der Waals surface area contributed by atoms with Crippen LogP contribution < -0.4 is 0 Å². The van der Waals surface area contributed by atoms with Crippen molar-refractivity contribution in [3.63, 3.8) is 0 Å². The summed E-state index contributed by atoms with van der Waals surface area (Å²) < 4.78 is 10.7. The minimum Gasteiger partial charge on any atom is -0.478 e. The molecule has 1 heterocycles. The van der Waals surface area contributed by atoms with Crippen LogP contribution in [0.15, 0.2) is 18.2 Å². The average Bonchev–Trinajstić information content (AvgIpc) is 2.80. The van der Waals surface area contributed by atoms with Gasteiger partial charge in [-0.15, -0.1) is 0 Å². The highest BCUT2D eigenvalue weighted by atomic mass is 16.7. The smallest absolute Gasteiger partial charge is 0.335 e. The highest BCUT2D eigenvalue weighted by Gasteiger charge is 2.17. The van der Waals surface area contributed by atoms with E-state index in [0.29, 0.717) is 18.8 Å². The lowest BCUT2D eigenvalue weighted by molar-refractivity contribution is -0.0462. The number of hydrogen-bond acceptors (Lipinski definition) is 3. The topological polar surface area (TPSA) is 55.8 Å². The quantitative estimate of drug-likeness (QED) is 0.868. The van der Waals surface area contributed by atoms with E-state index >= 15 is 0 Å². The van der Waals surface area contributed by atoms with Crippen LogP contribution in [-0.2, 0) is 15.9 Å². The van der Waals surface area contributed by atoms with Crippen LogP contribution in [0.1, 0.15) is 27.9 Å². The van der Waals surface area contributed by atoms with Gasteiger partial charge < -0.3 is 14.6 Å². The molecule has 1 saturated heterocycles. The number of ether oxygens (including phenoxy) is 2. The van der Waals surface area contributed by atoms with E-state index in [1.807, 2.05) is 13.0 Å². The lowest BCUT2D eigenvalue weighted by Crippen LogP contribution is -2.10. The lowest BCUT2D eigenvalue weighted by Gasteiger charge is -2.11. The fourth-order valence-corrected chi connectivity index (χ4v) is 2.03. The van der Waals surface area contributed by atoms with Gasteiger partial charge in [-0.2, -0.15) is 0 Å². The molecule has 1 aliphatic rings. The van der Waals surface area contributed by atoms with Crippen LogP contribution in [0.4, 0.5) is 0 Å². The Hall–Kier alpha value is -1.39. The maximum Gasteiger partial charge on any atom is 0.335 e. The Morgan fingerprint density at radius 2 is 2.12 bits per heavy atom. The van der Waals surface area contributed by atoms with Gasteiger partial charge in [-0.25, -0.2) is 4.79 Å². The number of carboxylic acid groups (broad SMARTS) is 1. The SMILES string of the molecule is Cc1c(CCC2OCCO2)cccc1C(=O)O. The number of hydrogen-bond donors (Lipinski definition) is 1. The van der Waals surface area contributed by atoms with E-state index in [-0.39, 0.29) is 6.29 Å². The fourth-order valence-electron chi connectivity index (χ4n) is 2.03. The molecule has 1 N–H and O–H groups in total. The monoisotopic (exact) mass is 236 g/mol. The van der Waals surface area contributed by atoms with Gasteiger partial charge in [0.1, 0.15) is 0 Å². The van der Waals surface area contributed by atoms with E-state index in [2.05, 4.69) is 0 Å². The Labute approximate surface area is 100 Å². The number of aromatic carboxylic acids is 1. The number of aryl methyl sites for hydroxylation is 1. The van der Waals surface area contributed by atoms with Crippen LogP contribution in [0.2, 0.25) is 0 Å². The third-order valence-electron chi connectivity index (χ3n) is 3.02. The van der Waals surface area contributed by atoms with Crippen LogP contribution in [0.25, 0.3) is 0 Å². The Balaban J connectivity index is 2.04. The third kappa shape index (κ3) is 2.84. The molecular weight excluding hydrogens is 220 g/mol. The summed E-state index contributed by atoms with van der Waals surface area (Å²) >= 11 is 0. The molecule has 0 aromatic heterocycles. The molecule has 1 fully saturated rings. The van der Waals surface area contributed by atoms with Gasteiger partial charge in [-0.1, -0.05) is 12.1 Å². The molecule has 0 atom stereocenters. The first kappa shape index (κ1) is 12.1. The Bertz CT molecular complexity index is 408. The molecule has 0 bridgehead atoms. The largest absolute Gasteiger partial charge is 0.478 e. The maximum atomic E-state index is 11.0. The van der Waals surface area contributed by atoms with Crippen molar-refractivity contribution in [2.45, 2.75) is 26.1 Å². The zero-order valence-electron chi connectivity index (χ0n) is 9.81. The van der Waals surface area contributed by atoms with Crippen LogP contribution >= 0.6 is 0 Å². The van der Waals surface area contributed by atoms with Crippen molar-refractivity contribution in [3.8, 4) is 0 Å². The van der Waals surface area contributed by atoms with Gasteiger partial charge in [0.2, 0.25) is 0 Å². The van der Waals surface area contributed by atoms with Crippen molar-refractivity contribution in [3.05, 3.63) is 34.9 Å². The van der Waals surface area contributed by atoms with Crippen molar-refractivity contribution in [2.24, 2.45) is 0 Å². The normalized spacial score (nSPS) is 16.3. The summed E-state index contributed by atoms with van der Waals surface area (Å²) in [4.78, 5) is 11.0. The van der Waals surface area contributed by atoms with E-state index < -0.39 is 5.97 Å². The summed E-state index contributed by atoms with van der Waals surface area (Å²) in [5.74, 6) is -0.877. The first-order valence-corrected chi connectivity index (χ1v) is 5.73. The zero-order valence-corrected chi connectivity index (χ0v) is 9.81. The molecule has 0 saturated carbocycles. The third-order valence-corrected chi connectivity index (χ3v) is 3.02. The van der Waals surface area contributed by atoms with Crippen molar-refractivity contribution in [1.29, 1.82) is 0 Å². The second-order valence-electron chi connectivity index (χ2n) is 4.10. The molecule has 0 aliphatic carbocycles. The van der Waals surface area contributed by atoms with Crippen molar-refractivity contribution in [2.75, 3.05) is 13.2 Å². The summed E-state index contributed by atoms with van der Waals surface area (Å²) in [7, 11) is 0. The van der Waals surface area contributed by atoms with Gasteiger partial charge >= 0.3 is 5.97 Å². The van der Waals surface area contributed by atoms with Gasteiger partial charge in [0.25, 0.3) is 0 Å². The lowest BCUT2D eigenvalue weighted by atomic mass is 9.99. The standard InChI is InChI=1S/C13H16O4/c1-9-10(3-2-4-11(9)13(14)15)5-6-12-16-7-8-17-12/h2-4,12H,5-8H2,1H3,(H,14,15). The molecule has 0 spiro atoms. The summed E-state index contributed by atoms with van der Waals surface area (Å²) in [6, 6.07) is 5.36. The van der Waals surface area contributed by atoms with E-state index in [1.54, 1.807) is 12.1 Å². The second kappa shape index (κ2) is 5.29. The van der Waals surface area contributed by atoms with Gasteiger partial charge in [-0.05, 0) is 30.5 Å². The average molecular weight is 236 g/mol. The Morgan fingerprint density at radius 1 is 1.41 bits per heavy atom. The number of rotatable bonds is 4. The molecule has 92 valence electrons.